The second-order valence-corrected chi connectivity index (χ2v) is 25.1. The molecule has 394 valence electrons. The molecule has 0 heterocycles. The summed E-state index contributed by atoms with van der Waals surface area (Å²) in [4.78, 5) is 53.6. The molecule has 7 heteroatoms. The van der Waals surface area contributed by atoms with Crippen molar-refractivity contribution in [2.24, 2.45) is 27.1 Å². The number of ether oxygens (including phenoxy) is 2. The fraction of sp³-hybridized carbons (Fsp3) is 0.817. The van der Waals surface area contributed by atoms with Crippen molar-refractivity contribution in [2.45, 2.75) is 280 Å². The molecule has 0 radical (unpaired) electrons. The maximum absolute atomic E-state index is 11.0. The molecule has 0 aliphatic heterocycles. The van der Waals surface area contributed by atoms with Gasteiger partial charge in [-0.1, -0.05) is 174 Å². The van der Waals surface area contributed by atoms with Crippen LogP contribution in [0.25, 0.3) is 0 Å². The molecule has 0 aliphatic carbocycles. The quantitative estimate of drug-likeness (QED) is 0.0673. The number of benzene rings is 1. The van der Waals surface area contributed by atoms with Gasteiger partial charge in [-0.25, -0.2) is 0 Å². The zero-order valence-corrected chi connectivity index (χ0v) is 48.1. The van der Waals surface area contributed by atoms with Crippen molar-refractivity contribution in [3.63, 3.8) is 0 Å². The predicted molar refractivity (Wildman–Crippen MR) is 289 cm³/mol. The average molecular weight is 946 g/mol. The molecule has 1 aromatic rings. The molecule has 0 aromatic heterocycles. The molecule has 1 rings (SSSR count). The molecule has 0 fully saturated rings. The molecule has 0 saturated carbocycles. The summed E-state index contributed by atoms with van der Waals surface area (Å²) in [7, 11) is 0. The zero-order valence-electron chi connectivity index (χ0n) is 48.1. The van der Waals surface area contributed by atoms with E-state index in [0.717, 1.165) is 63.5 Å². The Labute approximate surface area is 416 Å². The number of Topliss-reactive ketones (excluding diaryl/α,β-unsaturated/α-hetero) is 4. The van der Waals surface area contributed by atoms with Gasteiger partial charge < -0.3 is 23.9 Å². The fourth-order valence-corrected chi connectivity index (χ4v) is 6.67. The number of hydrogen-bond acceptors (Lipinski definition) is 7. The van der Waals surface area contributed by atoms with E-state index in [9.17, 15) is 24.0 Å². The van der Waals surface area contributed by atoms with Gasteiger partial charge in [0.1, 0.15) is 29.7 Å². The van der Waals surface area contributed by atoms with Crippen molar-refractivity contribution in [3.05, 3.63) is 29.8 Å². The lowest BCUT2D eigenvalue weighted by Gasteiger charge is -2.18. The Morgan fingerprint density at radius 2 is 0.746 bits per heavy atom. The Morgan fingerprint density at radius 1 is 0.418 bits per heavy atom. The number of carbonyl (C=O) groups excluding carboxylic acids is 5. The topological polar surface area (TPSA) is 104 Å². The van der Waals surface area contributed by atoms with Gasteiger partial charge in [0.25, 0.3) is 0 Å². The van der Waals surface area contributed by atoms with Crippen LogP contribution in [0.2, 0.25) is 0 Å². The van der Waals surface area contributed by atoms with Gasteiger partial charge >= 0.3 is 5.97 Å². The Balaban J connectivity index is -0.000000373. The summed E-state index contributed by atoms with van der Waals surface area (Å²) in [6.07, 6.45) is 24.3. The molecule has 0 saturated heterocycles. The maximum atomic E-state index is 11.0. The minimum absolute atomic E-state index is 0.0428. The van der Waals surface area contributed by atoms with Crippen molar-refractivity contribution in [2.75, 3.05) is 13.2 Å². The first-order chi connectivity index (χ1) is 30.6. The molecule has 0 bridgehead atoms. The van der Waals surface area contributed by atoms with Crippen LogP contribution in [0.3, 0.4) is 0 Å². The summed E-state index contributed by atoms with van der Waals surface area (Å²) >= 11 is 0. The van der Waals surface area contributed by atoms with Crippen LogP contribution in [0.1, 0.15) is 279 Å². The minimum Gasteiger partial charge on any atom is -0.486 e. The smallest absolute Gasteiger partial charge is 0.305 e. The van der Waals surface area contributed by atoms with E-state index in [0.29, 0.717) is 52.0 Å². The normalized spacial score (nSPS) is 11.5. The van der Waals surface area contributed by atoms with E-state index in [1.54, 1.807) is 20.8 Å². The van der Waals surface area contributed by atoms with E-state index in [2.05, 4.69) is 110 Å². The highest BCUT2D eigenvalue weighted by atomic mass is 16.5. The molecular formula is C60H112O7. The van der Waals surface area contributed by atoms with E-state index in [1.165, 1.54) is 89.5 Å². The highest BCUT2D eigenvalue weighted by Gasteiger charge is 2.13. The highest BCUT2D eigenvalue weighted by molar-refractivity contribution is 5.77. The number of unbranched alkanes of at least 4 members (excludes halogenated alkanes) is 9. The van der Waals surface area contributed by atoms with Gasteiger partial charge in [0.05, 0.1) is 6.61 Å². The van der Waals surface area contributed by atoms with Crippen LogP contribution >= 0.6 is 0 Å². The van der Waals surface area contributed by atoms with Crippen molar-refractivity contribution in [3.8, 4) is 5.75 Å². The van der Waals surface area contributed by atoms with Crippen LogP contribution in [-0.2, 0) is 35.1 Å². The lowest BCUT2D eigenvalue weighted by atomic mass is 9.88. The van der Waals surface area contributed by atoms with E-state index in [4.69, 9.17) is 9.47 Å². The molecule has 0 unspecified atom stereocenters. The van der Waals surface area contributed by atoms with Crippen LogP contribution in [0.4, 0.5) is 0 Å². The van der Waals surface area contributed by atoms with Crippen LogP contribution in [0, 0.1) is 27.1 Å². The van der Waals surface area contributed by atoms with Crippen LogP contribution in [-0.4, -0.2) is 42.3 Å². The lowest BCUT2D eigenvalue weighted by Crippen LogP contribution is -2.10. The van der Waals surface area contributed by atoms with Gasteiger partial charge in [0.15, 0.2) is 5.78 Å². The second kappa shape index (κ2) is 40.0. The Kier molecular flexibility index (Phi) is 42.2. The van der Waals surface area contributed by atoms with Crippen LogP contribution in [0.5, 0.6) is 5.75 Å². The van der Waals surface area contributed by atoms with Crippen molar-refractivity contribution in [1.29, 1.82) is 0 Å². The predicted octanol–water partition coefficient (Wildman–Crippen LogP) is 17.9. The molecule has 7 nitrogen and oxygen atoms in total. The molecular weight excluding hydrogens is 833 g/mol. The van der Waals surface area contributed by atoms with Gasteiger partial charge in [-0.15, -0.1) is 0 Å². The minimum atomic E-state index is -0.0479. The number of ketones is 4. The summed E-state index contributed by atoms with van der Waals surface area (Å²) in [5.41, 5.74) is 3.31. The summed E-state index contributed by atoms with van der Waals surface area (Å²) in [5, 5.41) is 0. The number of rotatable bonds is 26. The van der Waals surface area contributed by atoms with Gasteiger partial charge in [0, 0.05) is 25.7 Å². The number of hydrogen-bond donors (Lipinski definition) is 0. The first-order valence-electron chi connectivity index (χ1n) is 26.4. The van der Waals surface area contributed by atoms with Gasteiger partial charge in [0.2, 0.25) is 0 Å². The van der Waals surface area contributed by atoms with Gasteiger partial charge in [-0.2, -0.15) is 0 Å². The number of esters is 1. The summed E-state index contributed by atoms with van der Waals surface area (Å²) in [5.74, 6) is 1.74. The Morgan fingerprint density at radius 3 is 1.07 bits per heavy atom. The van der Waals surface area contributed by atoms with Crippen LogP contribution < -0.4 is 4.74 Å². The Bertz CT molecular complexity index is 1400. The summed E-state index contributed by atoms with van der Waals surface area (Å²) < 4.78 is 10.2. The lowest BCUT2D eigenvalue weighted by molar-refractivity contribution is -0.143. The van der Waals surface area contributed by atoms with E-state index in [-0.39, 0.29) is 23.8 Å². The molecule has 1 aromatic carbocycles. The molecule has 0 spiro atoms. The maximum Gasteiger partial charge on any atom is 0.305 e. The molecule has 0 amide bonds. The second-order valence-electron chi connectivity index (χ2n) is 25.1. The molecule has 0 N–H and O–H groups in total. The number of carbonyl (C=O) groups is 5. The molecule has 67 heavy (non-hydrogen) atoms. The third-order valence-corrected chi connectivity index (χ3v) is 10.3. The first kappa shape index (κ1) is 70.7. The first-order valence-corrected chi connectivity index (χ1v) is 26.4. The SMILES string of the molecule is CC(=O)CCCCC(C)(C)C.CC(=O)CCCCCC(C)(C)C.CC(=O)CCCCCCC(C)(C)C.CC(=O)COc1cccc(CC(C)(C)C)c1.CCOC(=O)CCCCCCC(C)(C)C. The monoisotopic (exact) mass is 945 g/mol. The standard InChI is InChI=1S/C14H20O2.C13H26O2.C12H24O.C11H22O.C10H20O/c1-11(15)10-16-13-7-5-6-12(8-13)9-14(2,3)4;1-5-15-12(14)10-8-6-7-9-11-13(2,3)4;1-11(13)9-7-5-6-8-10-12(2,3)4;1-10(12)8-6-5-7-9-11(2,3)4;1-9(11)7-5-6-8-10(2,3)4/h5-8H,9-10H2,1-4H3;5-11H2,1-4H3;5-10H2,1-4H3;5-9H2,1-4H3;5-8H2,1-4H3. The fourth-order valence-electron chi connectivity index (χ4n) is 6.67. The van der Waals surface area contributed by atoms with E-state index >= 15 is 0 Å². The zero-order chi connectivity index (χ0) is 52.8. The van der Waals surface area contributed by atoms with E-state index < -0.39 is 0 Å². The summed E-state index contributed by atoms with van der Waals surface area (Å²) in [6.45, 7) is 42.8. The third kappa shape index (κ3) is 72.3. The van der Waals surface area contributed by atoms with Crippen molar-refractivity contribution < 1.29 is 33.4 Å². The van der Waals surface area contributed by atoms with Gasteiger partial charge in [-0.3, -0.25) is 9.59 Å². The van der Waals surface area contributed by atoms with Gasteiger partial charge in [-0.05, 0) is 137 Å². The van der Waals surface area contributed by atoms with Crippen molar-refractivity contribution >= 4 is 29.1 Å². The highest BCUT2D eigenvalue weighted by Crippen LogP contribution is 2.26. The van der Waals surface area contributed by atoms with Crippen molar-refractivity contribution in [1.82, 2.24) is 0 Å². The molecule has 0 aliphatic rings. The van der Waals surface area contributed by atoms with Crippen LogP contribution in [0.15, 0.2) is 24.3 Å². The summed E-state index contributed by atoms with van der Waals surface area (Å²) in [6, 6.07) is 7.95. The Hall–Kier alpha value is -2.83. The average Bonchev–Trinajstić information content (AvgIpc) is 3.14. The van der Waals surface area contributed by atoms with E-state index in [1.807, 2.05) is 25.1 Å². The third-order valence-electron chi connectivity index (χ3n) is 10.3. The molecule has 0 atom stereocenters. The largest absolute Gasteiger partial charge is 0.486 e.